The molecule has 3 aromatic carbocycles. The topological polar surface area (TPSA) is 46.6 Å². The Hall–Kier alpha value is -3.26. The molecule has 4 rings (SSSR count). The summed E-state index contributed by atoms with van der Waals surface area (Å²) < 4.78 is 33.9. The number of ether oxygens (including phenoxy) is 1. The van der Waals surface area contributed by atoms with Gasteiger partial charge in [0.2, 0.25) is 0 Å². The van der Waals surface area contributed by atoms with Crippen molar-refractivity contribution in [2.24, 2.45) is 0 Å². The van der Waals surface area contributed by atoms with Gasteiger partial charge in [-0.15, -0.1) is 11.3 Å². The fourth-order valence-electron chi connectivity index (χ4n) is 4.25. The van der Waals surface area contributed by atoms with E-state index in [9.17, 15) is 18.4 Å². The second-order valence-electron chi connectivity index (χ2n) is 10.2. The SMILES string of the molecule is CC(C)(C)OC(=O)C(Cc1ccccc1)N(Cc1sccc1-c1cc(F)cc(F)c1)C(=O)c1ccc(Cl)cc1Cl. The zero-order valence-electron chi connectivity index (χ0n) is 22.1. The van der Waals surface area contributed by atoms with Gasteiger partial charge in [-0.25, -0.2) is 13.6 Å². The van der Waals surface area contributed by atoms with Crippen LogP contribution in [-0.4, -0.2) is 28.4 Å². The van der Waals surface area contributed by atoms with Gasteiger partial charge >= 0.3 is 5.97 Å². The Balaban J connectivity index is 1.83. The van der Waals surface area contributed by atoms with Crippen molar-refractivity contribution in [2.75, 3.05) is 0 Å². The molecule has 9 heteroatoms. The van der Waals surface area contributed by atoms with Gasteiger partial charge in [0, 0.05) is 22.4 Å². The van der Waals surface area contributed by atoms with Crippen LogP contribution < -0.4 is 0 Å². The molecule has 0 aliphatic carbocycles. The number of esters is 1. The lowest BCUT2D eigenvalue weighted by Crippen LogP contribution is -2.48. The minimum atomic E-state index is -1.04. The van der Waals surface area contributed by atoms with Crippen molar-refractivity contribution >= 4 is 46.4 Å². The molecule has 0 saturated carbocycles. The second kappa shape index (κ2) is 12.5. The van der Waals surface area contributed by atoms with Crippen molar-refractivity contribution in [3.05, 3.63) is 116 Å². The molecule has 0 spiro atoms. The van der Waals surface area contributed by atoms with Gasteiger partial charge in [0.25, 0.3) is 5.91 Å². The van der Waals surface area contributed by atoms with E-state index < -0.39 is 35.2 Å². The molecule has 4 nitrogen and oxygen atoms in total. The lowest BCUT2D eigenvalue weighted by atomic mass is 10.0. The summed E-state index contributed by atoms with van der Waals surface area (Å²) >= 11 is 13.8. The van der Waals surface area contributed by atoms with Crippen molar-refractivity contribution in [1.29, 1.82) is 0 Å². The first-order valence-corrected chi connectivity index (χ1v) is 14.1. The molecule has 1 atom stereocenters. The summed E-state index contributed by atoms with van der Waals surface area (Å²) in [6.45, 7) is 5.22. The van der Waals surface area contributed by atoms with Crippen LogP contribution in [0.25, 0.3) is 11.1 Å². The molecule has 0 aliphatic rings. The van der Waals surface area contributed by atoms with Crippen molar-refractivity contribution < 1.29 is 23.1 Å². The molecule has 0 saturated heterocycles. The first-order chi connectivity index (χ1) is 18.9. The number of halogens is 4. The molecule has 1 amide bonds. The average Bonchev–Trinajstić information content (AvgIpc) is 3.33. The van der Waals surface area contributed by atoms with Gasteiger partial charge in [-0.3, -0.25) is 4.79 Å². The molecule has 0 fully saturated rings. The Kier molecular flexibility index (Phi) is 9.29. The zero-order valence-corrected chi connectivity index (χ0v) is 24.4. The third-order valence-corrected chi connectivity index (χ3v) is 7.44. The van der Waals surface area contributed by atoms with Crippen LogP contribution in [0.4, 0.5) is 8.78 Å². The molecule has 0 radical (unpaired) electrons. The Morgan fingerprint density at radius 3 is 2.25 bits per heavy atom. The van der Waals surface area contributed by atoms with E-state index in [0.717, 1.165) is 11.6 Å². The molecular weight excluding hydrogens is 575 g/mol. The number of rotatable bonds is 8. The van der Waals surface area contributed by atoms with E-state index in [-0.39, 0.29) is 23.6 Å². The van der Waals surface area contributed by atoms with E-state index in [1.807, 2.05) is 30.3 Å². The van der Waals surface area contributed by atoms with Gasteiger partial charge in [0.05, 0.1) is 17.1 Å². The van der Waals surface area contributed by atoms with Crippen molar-refractivity contribution in [1.82, 2.24) is 4.90 Å². The van der Waals surface area contributed by atoms with Gasteiger partial charge in [-0.05, 0) is 79.2 Å². The summed E-state index contributed by atoms with van der Waals surface area (Å²) in [6.07, 6.45) is 0.169. The first-order valence-electron chi connectivity index (χ1n) is 12.5. The first kappa shape index (κ1) is 29.7. The normalized spacial score (nSPS) is 12.2. The number of benzene rings is 3. The van der Waals surface area contributed by atoms with Crippen LogP contribution in [0.5, 0.6) is 0 Å². The fourth-order valence-corrected chi connectivity index (χ4v) is 5.64. The fraction of sp³-hybridized carbons (Fsp3) is 0.226. The monoisotopic (exact) mass is 601 g/mol. The van der Waals surface area contributed by atoms with E-state index in [0.29, 0.717) is 21.0 Å². The average molecular weight is 603 g/mol. The maximum atomic E-state index is 14.1. The highest BCUT2D eigenvalue weighted by Gasteiger charge is 2.35. The van der Waals surface area contributed by atoms with Crippen LogP contribution in [-0.2, 0) is 22.5 Å². The quantitative estimate of drug-likeness (QED) is 0.190. The van der Waals surface area contributed by atoms with Crippen LogP contribution in [0, 0.1) is 11.6 Å². The molecular formula is C31H27Cl2F2NO3S. The largest absolute Gasteiger partial charge is 0.458 e. The Bertz CT molecular complexity index is 1500. The number of thiophene rings is 1. The predicted octanol–water partition coefficient (Wildman–Crippen LogP) is 8.60. The highest BCUT2D eigenvalue weighted by molar-refractivity contribution is 7.10. The summed E-state index contributed by atoms with van der Waals surface area (Å²) in [6, 6.07) is 17.7. The number of amides is 1. The minimum Gasteiger partial charge on any atom is -0.458 e. The van der Waals surface area contributed by atoms with E-state index >= 15 is 0 Å². The molecule has 4 aromatic rings. The lowest BCUT2D eigenvalue weighted by Gasteiger charge is -2.33. The summed E-state index contributed by atoms with van der Waals surface area (Å²) in [7, 11) is 0. The minimum absolute atomic E-state index is 0.0420. The second-order valence-corrected chi connectivity index (χ2v) is 12.1. The maximum Gasteiger partial charge on any atom is 0.329 e. The summed E-state index contributed by atoms with van der Waals surface area (Å²) in [4.78, 5) is 29.9. The molecule has 208 valence electrons. The third kappa shape index (κ3) is 7.47. The van der Waals surface area contributed by atoms with E-state index in [1.165, 1.54) is 40.5 Å². The van der Waals surface area contributed by atoms with E-state index in [4.69, 9.17) is 27.9 Å². The Morgan fingerprint density at radius 1 is 0.950 bits per heavy atom. The Morgan fingerprint density at radius 2 is 1.62 bits per heavy atom. The van der Waals surface area contributed by atoms with E-state index in [2.05, 4.69) is 0 Å². The van der Waals surface area contributed by atoms with Crippen molar-refractivity contribution in [2.45, 2.75) is 45.4 Å². The summed E-state index contributed by atoms with van der Waals surface area (Å²) in [5, 5.41) is 2.25. The van der Waals surface area contributed by atoms with Crippen LogP contribution in [0.3, 0.4) is 0 Å². The highest BCUT2D eigenvalue weighted by Crippen LogP contribution is 2.33. The predicted molar refractivity (Wildman–Crippen MR) is 156 cm³/mol. The van der Waals surface area contributed by atoms with Crippen molar-refractivity contribution in [3.8, 4) is 11.1 Å². The number of carbonyl (C=O) groups is 2. The molecule has 40 heavy (non-hydrogen) atoms. The number of carbonyl (C=O) groups excluding carboxylic acids is 2. The van der Waals surface area contributed by atoms with Gasteiger partial charge in [-0.1, -0.05) is 53.5 Å². The molecule has 1 heterocycles. The number of hydrogen-bond donors (Lipinski definition) is 0. The summed E-state index contributed by atoms with van der Waals surface area (Å²) in [5.41, 5.74) is 1.03. The van der Waals surface area contributed by atoms with Crippen LogP contribution in [0.1, 0.15) is 41.6 Å². The highest BCUT2D eigenvalue weighted by atomic mass is 35.5. The van der Waals surface area contributed by atoms with E-state index in [1.54, 1.807) is 38.3 Å². The number of nitrogens with zero attached hydrogens (tertiary/aromatic N) is 1. The van der Waals surface area contributed by atoms with Gasteiger partial charge < -0.3 is 9.64 Å². The van der Waals surface area contributed by atoms with Crippen molar-refractivity contribution in [3.63, 3.8) is 0 Å². The standard InChI is InChI=1S/C31H27Cl2F2NO3S/c1-31(2,3)39-30(38)27(13-19-7-5-4-6-8-19)36(29(37)25-10-9-21(32)16-26(25)33)18-28-24(11-12-40-28)20-14-22(34)17-23(35)15-20/h4-12,14-17,27H,13,18H2,1-3H3. The van der Waals surface area contributed by atoms with Crippen LogP contribution in [0.2, 0.25) is 10.0 Å². The zero-order chi connectivity index (χ0) is 29.0. The van der Waals surface area contributed by atoms with Gasteiger partial charge in [0.15, 0.2) is 0 Å². The van der Waals surface area contributed by atoms with Crippen LogP contribution >= 0.6 is 34.5 Å². The van der Waals surface area contributed by atoms with Crippen LogP contribution in [0.15, 0.2) is 78.2 Å². The molecule has 0 bridgehead atoms. The van der Waals surface area contributed by atoms with Gasteiger partial charge in [-0.2, -0.15) is 0 Å². The smallest absolute Gasteiger partial charge is 0.329 e. The molecule has 1 unspecified atom stereocenters. The molecule has 1 aromatic heterocycles. The third-order valence-electron chi connectivity index (χ3n) is 5.98. The van der Waals surface area contributed by atoms with Gasteiger partial charge in [0.1, 0.15) is 23.3 Å². The maximum absolute atomic E-state index is 14.1. The Labute approximate surface area is 246 Å². The molecule has 0 N–H and O–H groups in total. The summed E-state index contributed by atoms with van der Waals surface area (Å²) in [5.74, 6) is -2.55. The lowest BCUT2D eigenvalue weighted by molar-refractivity contribution is -0.160. The molecule has 0 aliphatic heterocycles. The number of hydrogen-bond acceptors (Lipinski definition) is 4.